The van der Waals surface area contributed by atoms with Crippen LogP contribution in [0.2, 0.25) is 0 Å². The molecule has 0 radical (unpaired) electrons. The van der Waals surface area contributed by atoms with Crippen LogP contribution in [0.5, 0.6) is 17.4 Å². The van der Waals surface area contributed by atoms with Crippen LogP contribution in [0, 0.1) is 27.7 Å². The number of phenolic OH excluding ortho intramolecular Hbond substituents is 1. The topological polar surface area (TPSA) is 223 Å². The van der Waals surface area contributed by atoms with E-state index >= 15 is 0 Å². The highest BCUT2D eigenvalue weighted by Crippen LogP contribution is 2.46. The fraction of sp³-hybridized carbons (Fsp3) is 0.365. The number of fused-ring (bicyclic) bond motifs is 4. The van der Waals surface area contributed by atoms with Gasteiger partial charge >= 0.3 is 0 Å². The maximum absolute atomic E-state index is 13.5. The van der Waals surface area contributed by atoms with Crippen LogP contribution < -0.4 is 20.5 Å². The van der Waals surface area contributed by atoms with Crippen LogP contribution in [0.1, 0.15) is 128 Å². The molecular formula is C63H72N7O8S+. The second-order valence-corrected chi connectivity index (χ2v) is 23.6. The summed E-state index contributed by atoms with van der Waals surface area (Å²) >= 11 is 0. The van der Waals surface area contributed by atoms with Gasteiger partial charge in [0.15, 0.2) is 29.8 Å². The summed E-state index contributed by atoms with van der Waals surface area (Å²) in [7, 11) is -4.46. The van der Waals surface area contributed by atoms with E-state index in [2.05, 4.69) is 107 Å². The second-order valence-electron chi connectivity index (χ2n) is 22.2. The third-order valence-electron chi connectivity index (χ3n) is 16.0. The molecule has 4 aromatic carbocycles. The van der Waals surface area contributed by atoms with Gasteiger partial charge < -0.3 is 30.6 Å². The largest absolute Gasteiger partial charge is 0.507 e. The van der Waals surface area contributed by atoms with Gasteiger partial charge in [0, 0.05) is 48.1 Å². The van der Waals surface area contributed by atoms with Gasteiger partial charge in [0.05, 0.1) is 16.6 Å². The number of nitrogens with one attached hydrogen (secondary N) is 2. The smallest absolute Gasteiger partial charge is 0.294 e. The van der Waals surface area contributed by atoms with Crippen molar-refractivity contribution in [1.29, 1.82) is 0 Å². The minimum Gasteiger partial charge on any atom is -0.507 e. The van der Waals surface area contributed by atoms with E-state index in [-0.39, 0.29) is 34.6 Å². The average molecular weight is 1090 g/mol. The summed E-state index contributed by atoms with van der Waals surface area (Å²) in [5, 5.41) is 13.8. The number of nitrogens with two attached hydrogens (primary N) is 1. The molecule has 6 N–H and O–H groups in total. The standard InChI is InChI=1S/C63H71N7O8S/c1-38-21-29-52-51(33-38)63(7,8)54(70(52)32-14-31-65-59(73)53-30-28-48-41(4)56(72)39(2)40(3)57(48)78-53)20-13-17-45-34-44(49-27-26-47(79(74,75)76)35-50(49)62(45,5)6)16-10-9-11-18-46(71)19-12-15-42-22-24-43(25-23-42)36-77-60-55-58(67-37-66-55)68-61(64)69-60/h12-13,17,19-27,29,33-35,37,53H,9-11,14-16,18,28,30-32,36H2,1-8H3,(H5-,64,65,66,67,68,69,72,73,74,75,76)/p+1. The highest BCUT2D eigenvalue weighted by Gasteiger charge is 2.44. The normalized spacial score (nSPS) is 17.0. The van der Waals surface area contributed by atoms with Gasteiger partial charge in [0.25, 0.3) is 16.0 Å². The SMILES string of the molecule is Cc1ccc2c(c1)C(C)(C)C(C=CC=C1C=C(CCCCCC(=O)C=CCc3ccc(COc4nc(N)nc5nc[nH]c45)cc3)c3ccc(S(=O)(=O)O)cc3C1(C)C)=[N+]2CCCNC(=O)C1CCc2c(C)c(O)c(C)c(C)c2O1. The number of hydrogen-bond donors (Lipinski definition) is 5. The number of H-pyrrole nitrogens is 1. The fourth-order valence-electron chi connectivity index (χ4n) is 11.2. The number of anilines is 1. The van der Waals surface area contributed by atoms with E-state index in [1.54, 1.807) is 18.2 Å². The van der Waals surface area contributed by atoms with Crippen LogP contribution >= 0.6 is 0 Å². The molecule has 79 heavy (non-hydrogen) atoms. The number of unbranched alkanes of at least 4 members (excludes halogenated alkanes) is 2. The molecule has 0 fully saturated rings. The summed E-state index contributed by atoms with van der Waals surface area (Å²) in [4.78, 5) is 41.7. The minimum absolute atomic E-state index is 0.0743. The molecule has 16 heteroatoms. The lowest BCUT2D eigenvalue weighted by atomic mass is 9.69. The molecule has 412 valence electrons. The molecule has 3 aliphatic rings. The van der Waals surface area contributed by atoms with Crippen molar-refractivity contribution in [2.75, 3.05) is 18.8 Å². The number of carbonyl (C=O) groups excluding carboxylic acids is 2. The van der Waals surface area contributed by atoms with Crippen LogP contribution in [0.3, 0.4) is 0 Å². The van der Waals surface area contributed by atoms with Gasteiger partial charge in [-0.15, -0.1) is 0 Å². The molecule has 1 aliphatic carbocycles. The molecule has 0 saturated carbocycles. The van der Waals surface area contributed by atoms with Crippen LogP contribution in [0.4, 0.5) is 11.6 Å². The third kappa shape index (κ3) is 12.0. The molecule has 6 aromatic rings. The quantitative estimate of drug-likeness (QED) is 0.0208. The molecule has 0 spiro atoms. The Kier molecular flexibility index (Phi) is 16.3. The van der Waals surface area contributed by atoms with E-state index in [1.165, 1.54) is 23.5 Å². The number of allylic oxidation sites excluding steroid dienone is 8. The zero-order chi connectivity index (χ0) is 56.4. The summed E-state index contributed by atoms with van der Waals surface area (Å²) in [6.07, 6.45) is 19.1. The Balaban J connectivity index is 0.836. The molecule has 1 atom stereocenters. The molecule has 2 aliphatic heterocycles. The van der Waals surface area contributed by atoms with Crippen molar-refractivity contribution in [3.8, 4) is 17.4 Å². The van der Waals surface area contributed by atoms with E-state index in [0.29, 0.717) is 80.2 Å². The first kappa shape index (κ1) is 56.0. The number of imidazole rings is 1. The van der Waals surface area contributed by atoms with E-state index in [1.807, 2.05) is 51.1 Å². The number of benzene rings is 4. The maximum atomic E-state index is 13.5. The van der Waals surface area contributed by atoms with Crippen molar-refractivity contribution < 1.29 is 41.7 Å². The molecule has 0 bridgehead atoms. The zero-order valence-corrected chi connectivity index (χ0v) is 47.3. The number of nitrogen functional groups attached to an aromatic ring is 1. The van der Waals surface area contributed by atoms with Gasteiger partial charge in [-0.2, -0.15) is 23.0 Å². The van der Waals surface area contributed by atoms with Crippen LogP contribution in [-0.2, 0) is 50.0 Å². The average Bonchev–Trinajstić information content (AvgIpc) is 4.17. The van der Waals surface area contributed by atoms with E-state index in [4.69, 9.17) is 15.2 Å². The number of ketones is 1. The number of carbonyl (C=O) groups is 2. The van der Waals surface area contributed by atoms with Gasteiger partial charge in [-0.25, -0.2) is 4.98 Å². The summed E-state index contributed by atoms with van der Waals surface area (Å²) < 4.78 is 49.6. The number of nitrogens with zero attached hydrogens (tertiary/aromatic N) is 4. The maximum Gasteiger partial charge on any atom is 0.294 e. The van der Waals surface area contributed by atoms with Crippen LogP contribution in [0.15, 0.2) is 114 Å². The van der Waals surface area contributed by atoms with Crippen molar-refractivity contribution >= 4 is 55.9 Å². The minimum atomic E-state index is -4.46. The number of ether oxygens (including phenoxy) is 2. The zero-order valence-electron chi connectivity index (χ0n) is 46.5. The van der Waals surface area contributed by atoms with Gasteiger partial charge in [0.1, 0.15) is 23.6 Å². The van der Waals surface area contributed by atoms with Crippen molar-refractivity contribution in [3.05, 3.63) is 165 Å². The number of amides is 1. The second kappa shape index (κ2) is 23.0. The first-order valence-corrected chi connectivity index (χ1v) is 28.7. The predicted molar refractivity (Wildman–Crippen MR) is 309 cm³/mol. The Morgan fingerprint density at radius 1 is 0.924 bits per heavy atom. The highest BCUT2D eigenvalue weighted by atomic mass is 32.2. The van der Waals surface area contributed by atoms with Crippen LogP contribution in [-0.4, -0.2) is 79.2 Å². The van der Waals surface area contributed by atoms with Crippen molar-refractivity contribution in [2.45, 2.75) is 142 Å². The Bertz CT molecular complexity index is 3640. The van der Waals surface area contributed by atoms with Gasteiger partial charge in [-0.05, 0) is 154 Å². The molecule has 4 heterocycles. The summed E-state index contributed by atoms with van der Waals surface area (Å²) in [5.74, 6) is 1.35. The van der Waals surface area contributed by atoms with Crippen LogP contribution in [0.25, 0.3) is 16.7 Å². The summed E-state index contributed by atoms with van der Waals surface area (Å²) in [6, 6.07) is 19.4. The predicted octanol–water partition coefficient (Wildman–Crippen LogP) is 11.2. The van der Waals surface area contributed by atoms with E-state index < -0.39 is 21.6 Å². The van der Waals surface area contributed by atoms with Gasteiger partial charge in [0.2, 0.25) is 17.5 Å². The Morgan fingerprint density at radius 3 is 2.47 bits per heavy atom. The first-order valence-electron chi connectivity index (χ1n) is 27.2. The third-order valence-corrected chi connectivity index (χ3v) is 16.9. The molecule has 9 rings (SSSR count). The highest BCUT2D eigenvalue weighted by molar-refractivity contribution is 7.85. The lowest BCUT2D eigenvalue weighted by Crippen LogP contribution is -2.41. The number of phenols is 1. The molecule has 0 saturated heterocycles. The van der Waals surface area contributed by atoms with Gasteiger partial charge in [-0.3, -0.25) is 14.1 Å². The molecule has 1 amide bonds. The van der Waals surface area contributed by atoms with E-state index in [0.717, 1.165) is 86.3 Å². The van der Waals surface area contributed by atoms with Crippen molar-refractivity contribution in [2.24, 2.45) is 0 Å². The lowest BCUT2D eigenvalue weighted by molar-refractivity contribution is -0.437. The fourth-order valence-corrected chi connectivity index (χ4v) is 11.7. The Morgan fingerprint density at radius 2 is 1.70 bits per heavy atom. The molecular weight excluding hydrogens is 1010 g/mol. The monoisotopic (exact) mass is 1090 g/mol. The number of aromatic amines is 1. The Hall–Kier alpha value is -7.69. The molecule has 2 aromatic heterocycles. The number of hydrogen-bond acceptors (Lipinski definition) is 11. The Labute approximate surface area is 463 Å². The number of aryl methyl sites for hydroxylation is 1. The van der Waals surface area contributed by atoms with Crippen molar-refractivity contribution in [1.82, 2.24) is 25.3 Å². The number of aromatic hydroxyl groups is 1. The molecule has 15 nitrogen and oxygen atoms in total. The van der Waals surface area contributed by atoms with E-state index in [9.17, 15) is 27.7 Å². The lowest BCUT2D eigenvalue weighted by Gasteiger charge is -2.35. The summed E-state index contributed by atoms with van der Waals surface area (Å²) in [5.41, 5.74) is 19.8. The molecule has 1 unspecified atom stereocenters. The van der Waals surface area contributed by atoms with Crippen molar-refractivity contribution in [3.63, 3.8) is 0 Å². The first-order chi connectivity index (χ1) is 37.6. The summed E-state index contributed by atoms with van der Waals surface area (Å²) in [6.45, 7) is 17.8. The number of aromatic nitrogens is 4. The number of rotatable bonds is 20. The van der Waals surface area contributed by atoms with Gasteiger partial charge in [-0.1, -0.05) is 86.5 Å².